The lowest BCUT2D eigenvalue weighted by Crippen LogP contribution is -2.51. The van der Waals surface area contributed by atoms with Crippen LogP contribution in [-0.2, 0) is 9.53 Å². The van der Waals surface area contributed by atoms with Crippen LogP contribution < -0.4 is 0 Å². The third-order valence-electron chi connectivity index (χ3n) is 3.26. The average molecular weight is 298 g/mol. The molecule has 0 amide bonds. The molecular formula is C13H21F3O2S. The normalized spacial score (nSPS) is 33.1. The van der Waals surface area contributed by atoms with Crippen LogP contribution in [0.4, 0.5) is 13.2 Å². The van der Waals surface area contributed by atoms with Crippen molar-refractivity contribution in [1.29, 1.82) is 0 Å². The first-order valence-corrected chi connectivity index (χ1v) is 7.40. The zero-order chi connectivity index (χ0) is 14.8. The van der Waals surface area contributed by atoms with E-state index in [-0.39, 0.29) is 11.7 Å². The number of hydrogen-bond acceptors (Lipinski definition) is 3. The van der Waals surface area contributed by atoms with Gasteiger partial charge in [-0.3, -0.25) is 4.79 Å². The highest BCUT2D eigenvalue weighted by Crippen LogP contribution is 2.62. The summed E-state index contributed by atoms with van der Waals surface area (Å²) < 4.78 is 43.3. The Morgan fingerprint density at radius 2 is 1.84 bits per heavy atom. The summed E-state index contributed by atoms with van der Waals surface area (Å²) in [6, 6.07) is 0. The Bertz CT molecular complexity index is 328. The molecule has 2 saturated heterocycles. The molecule has 2 aliphatic heterocycles. The van der Waals surface area contributed by atoms with Gasteiger partial charge in [0.1, 0.15) is 0 Å². The molecule has 0 saturated carbocycles. The van der Waals surface area contributed by atoms with E-state index >= 15 is 0 Å². The maximum absolute atomic E-state index is 13.0. The molecule has 0 spiro atoms. The smallest absolute Gasteiger partial charge is 0.406 e. The number of esters is 1. The molecule has 2 rings (SSSR count). The molecule has 2 nitrogen and oxygen atoms in total. The van der Waals surface area contributed by atoms with E-state index in [1.54, 1.807) is 0 Å². The van der Waals surface area contributed by atoms with Gasteiger partial charge in [-0.1, -0.05) is 20.8 Å². The first kappa shape index (κ1) is 16.7. The number of fused-ring (bicyclic) bond motifs is 2. The molecule has 0 aromatic rings. The van der Waals surface area contributed by atoms with Gasteiger partial charge in [0, 0.05) is 10.5 Å². The predicted octanol–water partition coefficient (Wildman–Crippen LogP) is 4.04. The SMILES string of the molecule is CC(C)C.COC(=O)C1(C(F)(F)F)CC2CCC1S2. The van der Waals surface area contributed by atoms with Crippen molar-refractivity contribution in [2.75, 3.05) is 7.11 Å². The Balaban J connectivity index is 0.000000399. The minimum atomic E-state index is -4.49. The monoisotopic (exact) mass is 298 g/mol. The molecule has 112 valence electrons. The van der Waals surface area contributed by atoms with Crippen molar-refractivity contribution in [2.45, 2.75) is 56.7 Å². The molecule has 0 radical (unpaired) electrons. The average Bonchev–Trinajstić information content (AvgIpc) is 2.86. The maximum Gasteiger partial charge on any atom is 0.406 e. The van der Waals surface area contributed by atoms with Crippen molar-refractivity contribution in [2.24, 2.45) is 11.3 Å². The lowest BCUT2D eigenvalue weighted by atomic mass is 9.73. The number of carbonyl (C=O) groups excluding carboxylic acids is 1. The van der Waals surface area contributed by atoms with E-state index in [0.29, 0.717) is 6.42 Å². The Hall–Kier alpha value is -0.390. The molecule has 19 heavy (non-hydrogen) atoms. The fraction of sp³-hybridized carbons (Fsp3) is 0.923. The molecule has 2 heterocycles. The van der Waals surface area contributed by atoms with Crippen LogP contribution >= 0.6 is 11.8 Å². The van der Waals surface area contributed by atoms with Crippen LogP contribution in [0, 0.1) is 11.3 Å². The van der Waals surface area contributed by atoms with E-state index in [4.69, 9.17) is 0 Å². The number of alkyl halides is 3. The molecule has 0 aliphatic carbocycles. The molecule has 6 heteroatoms. The minimum Gasteiger partial charge on any atom is -0.468 e. The van der Waals surface area contributed by atoms with E-state index in [9.17, 15) is 18.0 Å². The summed E-state index contributed by atoms with van der Waals surface area (Å²) in [5.41, 5.74) is -2.24. The van der Waals surface area contributed by atoms with Crippen LogP contribution in [0.15, 0.2) is 0 Å². The minimum absolute atomic E-state index is 0.0317. The van der Waals surface area contributed by atoms with Gasteiger partial charge in [0.2, 0.25) is 0 Å². The van der Waals surface area contributed by atoms with Gasteiger partial charge in [-0.2, -0.15) is 24.9 Å². The van der Waals surface area contributed by atoms with Crippen molar-refractivity contribution in [1.82, 2.24) is 0 Å². The molecule has 3 atom stereocenters. The number of halogens is 3. The van der Waals surface area contributed by atoms with Gasteiger partial charge in [-0.05, 0) is 25.2 Å². The summed E-state index contributed by atoms with van der Waals surface area (Å²) >= 11 is 1.29. The Kier molecular flexibility index (Phi) is 5.21. The van der Waals surface area contributed by atoms with Gasteiger partial charge in [-0.15, -0.1) is 0 Å². The topological polar surface area (TPSA) is 26.3 Å². The lowest BCUT2D eigenvalue weighted by molar-refractivity contribution is -0.235. The fourth-order valence-electron chi connectivity index (χ4n) is 2.52. The van der Waals surface area contributed by atoms with Crippen molar-refractivity contribution in [3.8, 4) is 0 Å². The second-order valence-corrected chi connectivity index (χ2v) is 7.23. The fourth-order valence-corrected chi connectivity index (χ4v) is 4.45. The number of hydrogen-bond donors (Lipinski definition) is 0. The van der Waals surface area contributed by atoms with Gasteiger partial charge in [-0.25, -0.2) is 0 Å². The highest BCUT2D eigenvalue weighted by atomic mass is 32.2. The highest BCUT2D eigenvalue weighted by Gasteiger charge is 2.71. The summed E-state index contributed by atoms with van der Waals surface area (Å²) in [6.45, 7) is 6.50. The van der Waals surface area contributed by atoms with Crippen molar-refractivity contribution < 1.29 is 22.7 Å². The zero-order valence-corrected chi connectivity index (χ0v) is 12.5. The number of thioether (sulfide) groups is 1. The van der Waals surface area contributed by atoms with E-state index in [1.807, 2.05) is 0 Å². The quantitative estimate of drug-likeness (QED) is 0.683. The largest absolute Gasteiger partial charge is 0.468 e. The highest BCUT2D eigenvalue weighted by molar-refractivity contribution is 8.01. The van der Waals surface area contributed by atoms with Crippen molar-refractivity contribution in [3.05, 3.63) is 0 Å². The van der Waals surface area contributed by atoms with E-state index in [2.05, 4.69) is 25.5 Å². The second-order valence-electron chi connectivity index (χ2n) is 5.72. The Morgan fingerprint density at radius 1 is 1.32 bits per heavy atom. The molecule has 2 fully saturated rings. The van der Waals surface area contributed by atoms with Crippen LogP contribution in [0.3, 0.4) is 0 Å². The second kappa shape index (κ2) is 5.94. The summed E-state index contributed by atoms with van der Waals surface area (Å²) in [6.07, 6.45) is -3.36. The van der Waals surface area contributed by atoms with Gasteiger partial charge in [0.25, 0.3) is 0 Å². The van der Waals surface area contributed by atoms with E-state index in [0.717, 1.165) is 19.4 Å². The molecule has 3 unspecified atom stereocenters. The summed E-state index contributed by atoms with van der Waals surface area (Å²) in [5.74, 6) is -0.283. The standard InChI is InChI=1S/C9H11F3O2S.C4H10/c1-14-7(13)8(9(10,11)12)4-5-2-3-6(8)15-5;1-4(2)3/h5-6H,2-4H2,1H3;4H,1-3H3. The predicted molar refractivity (Wildman–Crippen MR) is 70.0 cm³/mol. The first-order chi connectivity index (χ1) is 8.65. The number of ether oxygens (including phenoxy) is 1. The summed E-state index contributed by atoms with van der Waals surface area (Å²) in [4.78, 5) is 11.4. The molecule has 0 N–H and O–H groups in total. The van der Waals surface area contributed by atoms with Gasteiger partial charge in [0.05, 0.1) is 7.11 Å². The van der Waals surface area contributed by atoms with Crippen LogP contribution in [-0.4, -0.2) is 29.8 Å². The van der Waals surface area contributed by atoms with Gasteiger partial charge >= 0.3 is 12.1 Å². The summed E-state index contributed by atoms with van der Waals surface area (Å²) in [7, 11) is 1.02. The van der Waals surface area contributed by atoms with Crippen molar-refractivity contribution in [3.63, 3.8) is 0 Å². The molecule has 2 aliphatic rings. The van der Waals surface area contributed by atoms with Crippen LogP contribution in [0.25, 0.3) is 0 Å². The first-order valence-electron chi connectivity index (χ1n) is 6.45. The Morgan fingerprint density at radius 3 is 2.11 bits per heavy atom. The lowest BCUT2D eigenvalue weighted by Gasteiger charge is -2.35. The molecular weight excluding hydrogens is 277 g/mol. The third kappa shape index (κ3) is 3.20. The van der Waals surface area contributed by atoms with Crippen LogP contribution in [0.1, 0.15) is 40.0 Å². The van der Waals surface area contributed by atoms with Crippen LogP contribution in [0.2, 0.25) is 0 Å². The maximum atomic E-state index is 13.0. The zero-order valence-electron chi connectivity index (χ0n) is 11.7. The molecule has 0 aromatic carbocycles. The van der Waals surface area contributed by atoms with Crippen molar-refractivity contribution >= 4 is 17.7 Å². The molecule has 2 bridgehead atoms. The Labute approximate surface area is 116 Å². The van der Waals surface area contributed by atoms with Gasteiger partial charge in [0.15, 0.2) is 5.41 Å². The van der Waals surface area contributed by atoms with E-state index < -0.39 is 22.8 Å². The third-order valence-corrected chi connectivity index (χ3v) is 5.02. The number of carbonyl (C=O) groups is 1. The molecule has 0 aromatic heterocycles. The van der Waals surface area contributed by atoms with E-state index in [1.165, 1.54) is 11.8 Å². The number of methoxy groups -OCH3 is 1. The summed E-state index contributed by atoms with van der Waals surface area (Å²) in [5, 5.41) is -0.675. The van der Waals surface area contributed by atoms with Crippen LogP contribution in [0.5, 0.6) is 0 Å². The number of rotatable bonds is 1. The van der Waals surface area contributed by atoms with Gasteiger partial charge < -0.3 is 4.74 Å².